The van der Waals surface area contributed by atoms with Gasteiger partial charge in [-0.1, -0.05) is 0 Å². The van der Waals surface area contributed by atoms with Crippen LogP contribution in [0.2, 0.25) is 0 Å². The molecule has 0 radical (unpaired) electrons. The van der Waals surface area contributed by atoms with E-state index in [2.05, 4.69) is 31.2 Å². The molecule has 0 saturated carbocycles. The third kappa shape index (κ3) is 4.40. The van der Waals surface area contributed by atoms with Crippen LogP contribution in [0.25, 0.3) is 6.08 Å². The van der Waals surface area contributed by atoms with Crippen LogP contribution in [-0.2, 0) is 14.1 Å². The SMILES string of the molecule is CC(=O)NCC(=Cc1ncc(Br)cn1)B1OC(C)(C)C(C)(C)O1. The van der Waals surface area contributed by atoms with Gasteiger partial charge in [0, 0.05) is 25.9 Å². The molecule has 0 bridgehead atoms. The number of amides is 1. The van der Waals surface area contributed by atoms with Gasteiger partial charge in [-0.2, -0.15) is 0 Å². The molecule has 8 heteroatoms. The highest BCUT2D eigenvalue weighted by Crippen LogP contribution is 2.38. The van der Waals surface area contributed by atoms with Gasteiger partial charge in [0.25, 0.3) is 0 Å². The largest absolute Gasteiger partial charge is 0.492 e. The molecule has 0 aliphatic carbocycles. The molecule has 1 fully saturated rings. The number of carbonyl (C=O) groups is 1. The minimum Gasteiger partial charge on any atom is -0.400 e. The van der Waals surface area contributed by atoms with Crippen LogP contribution in [-0.4, -0.2) is 40.7 Å². The first-order valence-corrected chi connectivity index (χ1v) is 8.18. The van der Waals surface area contributed by atoms with Crippen LogP contribution in [0.1, 0.15) is 40.4 Å². The van der Waals surface area contributed by atoms with E-state index in [0.29, 0.717) is 12.4 Å². The van der Waals surface area contributed by atoms with Crippen LogP contribution in [0.4, 0.5) is 0 Å². The van der Waals surface area contributed by atoms with Crippen LogP contribution in [0.5, 0.6) is 0 Å². The maximum atomic E-state index is 11.3. The minimum atomic E-state index is -0.556. The summed E-state index contributed by atoms with van der Waals surface area (Å²) in [5, 5.41) is 2.78. The van der Waals surface area contributed by atoms with E-state index in [1.54, 1.807) is 18.5 Å². The van der Waals surface area contributed by atoms with Crippen molar-refractivity contribution >= 4 is 35.0 Å². The molecular weight excluding hydrogens is 361 g/mol. The van der Waals surface area contributed by atoms with Crippen molar-refractivity contribution in [2.75, 3.05) is 6.54 Å². The van der Waals surface area contributed by atoms with E-state index in [1.165, 1.54) is 6.92 Å². The molecule has 1 aromatic heterocycles. The molecule has 1 saturated heterocycles. The van der Waals surface area contributed by atoms with Crippen LogP contribution in [0.3, 0.4) is 0 Å². The lowest BCUT2D eigenvalue weighted by Gasteiger charge is -2.32. The minimum absolute atomic E-state index is 0.121. The Labute approximate surface area is 145 Å². The van der Waals surface area contributed by atoms with Crippen molar-refractivity contribution in [2.24, 2.45) is 0 Å². The smallest absolute Gasteiger partial charge is 0.400 e. The van der Waals surface area contributed by atoms with E-state index < -0.39 is 18.3 Å². The molecule has 124 valence electrons. The summed E-state index contributed by atoms with van der Waals surface area (Å²) >= 11 is 3.31. The molecule has 0 aromatic carbocycles. The highest BCUT2D eigenvalue weighted by molar-refractivity contribution is 9.10. The van der Waals surface area contributed by atoms with Crippen LogP contribution >= 0.6 is 15.9 Å². The summed E-state index contributed by atoms with van der Waals surface area (Å²) in [5.74, 6) is 0.410. The molecule has 1 aliphatic heterocycles. The lowest BCUT2D eigenvalue weighted by Crippen LogP contribution is -2.41. The van der Waals surface area contributed by atoms with Crippen molar-refractivity contribution < 1.29 is 14.1 Å². The lowest BCUT2D eigenvalue weighted by molar-refractivity contribution is -0.118. The Hall–Kier alpha value is -1.25. The quantitative estimate of drug-likeness (QED) is 0.810. The Morgan fingerprint density at radius 2 is 1.78 bits per heavy atom. The number of hydrogen-bond acceptors (Lipinski definition) is 5. The van der Waals surface area contributed by atoms with Crippen LogP contribution in [0, 0.1) is 0 Å². The number of nitrogens with one attached hydrogen (secondary N) is 1. The predicted octanol–water partition coefficient (Wildman–Crippen LogP) is 2.39. The molecule has 1 N–H and O–H groups in total. The fourth-order valence-corrected chi connectivity index (χ4v) is 2.19. The second-order valence-electron chi connectivity index (χ2n) is 6.48. The third-order valence-corrected chi connectivity index (χ3v) is 4.46. The summed E-state index contributed by atoms with van der Waals surface area (Å²) < 4.78 is 12.9. The highest BCUT2D eigenvalue weighted by Gasteiger charge is 2.52. The zero-order valence-corrected chi connectivity index (χ0v) is 15.6. The first-order valence-electron chi connectivity index (χ1n) is 7.39. The number of hydrogen-bond donors (Lipinski definition) is 1. The molecule has 2 rings (SSSR count). The number of aromatic nitrogens is 2. The van der Waals surface area contributed by atoms with E-state index in [0.717, 1.165) is 9.95 Å². The van der Waals surface area contributed by atoms with Crippen LogP contribution < -0.4 is 5.32 Å². The second kappa shape index (κ2) is 6.71. The standard InChI is InChI=1S/C15H21BBrN3O3/c1-10(21)18-7-11(6-13-19-8-12(17)9-20-13)16-22-14(2,3)15(4,5)23-16/h6,8-9H,7H2,1-5H3,(H,18,21). The highest BCUT2D eigenvalue weighted by atomic mass is 79.9. The summed E-state index contributed by atoms with van der Waals surface area (Å²) in [4.78, 5) is 19.7. The Morgan fingerprint density at radius 3 is 2.26 bits per heavy atom. The molecule has 1 amide bonds. The van der Waals surface area contributed by atoms with Gasteiger partial charge in [0.05, 0.1) is 15.7 Å². The van der Waals surface area contributed by atoms with Gasteiger partial charge in [0.15, 0.2) is 5.82 Å². The summed E-state index contributed by atoms with van der Waals surface area (Å²) in [6, 6.07) is 0. The maximum Gasteiger partial charge on any atom is 0.492 e. The molecule has 1 aliphatic rings. The average Bonchev–Trinajstić information content (AvgIpc) is 2.65. The Balaban J connectivity index is 2.28. The van der Waals surface area contributed by atoms with Gasteiger partial charge in [0.1, 0.15) is 0 Å². The monoisotopic (exact) mass is 381 g/mol. The maximum absolute atomic E-state index is 11.3. The number of carbonyl (C=O) groups excluding carboxylic acids is 1. The Bertz CT molecular complexity index is 601. The van der Waals surface area contributed by atoms with Gasteiger partial charge in [0.2, 0.25) is 5.91 Å². The summed E-state index contributed by atoms with van der Waals surface area (Å²) in [6.07, 6.45) is 5.11. The Kier molecular flexibility index (Phi) is 5.28. The third-order valence-electron chi connectivity index (χ3n) is 4.05. The van der Waals surface area contributed by atoms with Crippen molar-refractivity contribution in [3.05, 3.63) is 28.2 Å². The summed E-state index contributed by atoms with van der Waals surface area (Å²) in [5.41, 5.74) is -0.137. The average molecular weight is 382 g/mol. The first kappa shape index (κ1) is 18.1. The van der Waals surface area contributed by atoms with Gasteiger partial charge < -0.3 is 14.6 Å². The van der Waals surface area contributed by atoms with Gasteiger partial charge in [-0.3, -0.25) is 4.79 Å². The second-order valence-corrected chi connectivity index (χ2v) is 7.39. The van der Waals surface area contributed by atoms with Gasteiger partial charge in [-0.25, -0.2) is 9.97 Å². The van der Waals surface area contributed by atoms with Crippen LogP contribution in [0.15, 0.2) is 22.3 Å². The fourth-order valence-electron chi connectivity index (χ4n) is 1.99. The van der Waals surface area contributed by atoms with Crippen molar-refractivity contribution in [1.29, 1.82) is 0 Å². The van der Waals surface area contributed by atoms with E-state index in [-0.39, 0.29) is 5.91 Å². The van der Waals surface area contributed by atoms with E-state index >= 15 is 0 Å². The number of nitrogens with zero attached hydrogens (tertiary/aromatic N) is 2. The van der Waals surface area contributed by atoms with E-state index in [9.17, 15) is 4.79 Å². The van der Waals surface area contributed by atoms with E-state index in [1.807, 2.05) is 27.7 Å². The number of halogens is 1. The predicted molar refractivity (Wildman–Crippen MR) is 92.5 cm³/mol. The zero-order chi connectivity index (χ0) is 17.3. The van der Waals surface area contributed by atoms with Crippen molar-refractivity contribution in [3.8, 4) is 0 Å². The first-order chi connectivity index (χ1) is 10.6. The molecule has 1 aromatic rings. The lowest BCUT2D eigenvalue weighted by atomic mass is 9.77. The normalized spacial score (nSPS) is 19.7. The summed E-state index contributed by atoms with van der Waals surface area (Å²) in [7, 11) is -0.556. The molecule has 6 nitrogen and oxygen atoms in total. The van der Waals surface area contributed by atoms with Crippen molar-refractivity contribution in [3.63, 3.8) is 0 Å². The summed E-state index contributed by atoms with van der Waals surface area (Å²) in [6.45, 7) is 9.72. The van der Waals surface area contributed by atoms with Crippen molar-refractivity contribution in [1.82, 2.24) is 15.3 Å². The molecule has 2 heterocycles. The van der Waals surface area contributed by atoms with Gasteiger partial charge in [-0.05, 0) is 55.2 Å². The fraction of sp³-hybridized carbons (Fsp3) is 0.533. The molecule has 0 spiro atoms. The number of rotatable bonds is 4. The molecule has 0 atom stereocenters. The van der Waals surface area contributed by atoms with Gasteiger partial charge in [-0.15, -0.1) is 0 Å². The molecule has 23 heavy (non-hydrogen) atoms. The van der Waals surface area contributed by atoms with Gasteiger partial charge >= 0.3 is 7.12 Å². The topological polar surface area (TPSA) is 73.3 Å². The molecule has 0 unspecified atom stereocenters. The zero-order valence-electron chi connectivity index (χ0n) is 14.0. The van der Waals surface area contributed by atoms with Crippen molar-refractivity contribution in [2.45, 2.75) is 45.8 Å². The molecular formula is C15H21BBrN3O3. The Morgan fingerprint density at radius 1 is 1.26 bits per heavy atom. The van der Waals surface area contributed by atoms with E-state index in [4.69, 9.17) is 9.31 Å².